The fourth-order valence-electron chi connectivity index (χ4n) is 1.84. The average molecular weight is 302 g/mol. The first-order valence-electron chi connectivity index (χ1n) is 6.73. The molecule has 2 heterocycles. The first-order valence-corrected chi connectivity index (χ1v) is 6.73. The van der Waals surface area contributed by atoms with E-state index in [-0.39, 0.29) is 17.0 Å². The van der Waals surface area contributed by atoms with Crippen LogP contribution in [-0.4, -0.2) is 31.7 Å². The van der Waals surface area contributed by atoms with Gasteiger partial charge in [-0.2, -0.15) is 5.10 Å². The number of carbonyl (C=O) groups is 2. The predicted molar refractivity (Wildman–Crippen MR) is 81.1 cm³/mol. The molecule has 2 aromatic heterocycles. The number of nitrogens with zero attached hydrogens (tertiary/aromatic N) is 3. The number of rotatable bonds is 3. The third kappa shape index (κ3) is 3.30. The summed E-state index contributed by atoms with van der Waals surface area (Å²) in [5, 5.41) is 15.8. The molecule has 0 aliphatic rings. The Bertz CT molecular complexity index is 711. The molecule has 0 saturated heterocycles. The van der Waals surface area contributed by atoms with Crippen molar-refractivity contribution in [3.8, 4) is 0 Å². The molecule has 2 N–H and O–H groups in total. The van der Waals surface area contributed by atoms with Gasteiger partial charge >= 0.3 is 5.97 Å². The highest BCUT2D eigenvalue weighted by Gasteiger charge is 2.21. The monoisotopic (exact) mass is 302 g/mol. The van der Waals surface area contributed by atoms with Crippen LogP contribution in [0.5, 0.6) is 0 Å². The van der Waals surface area contributed by atoms with Gasteiger partial charge < -0.3 is 10.4 Å². The molecule has 7 heteroatoms. The number of anilines is 1. The second-order valence-corrected chi connectivity index (χ2v) is 5.98. The number of aromatic carboxylic acids is 1. The Kier molecular flexibility index (Phi) is 3.99. The summed E-state index contributed by atoms with van der Waals surface area (Å²) in [6.07, 6.45) is 1.31. The number of hydrogen-bond donors (Lipinski definition) is 2. The smallest absolute Gasteiger partial charge is 0.354 e. The maximum atomic E-state index is 12.3. The van der Waals surface area contributed by atoms with Gasteiger partial charge in [-0.25, -0.2) is 9.78 Å². The number of carboxylic acid groups (broad SMARTS) is 1. The van der Waals surface area contributed by atoms with E-state index in [9.17, 15) is 9.59 Å². The van der Waals surface area contributed by atoms with Gasteiger partial charge in [-0.05, 0) is 18.2 Å². The maximum Gasteiger partial charge on any atom is 0.354 e. The molecule has 116 valence electrons. The van der Waals surface area contributed by atoms with Crippen molar-refractivity contribution in [2.24, 2.45) is 7.05 Å². The van der Waals surface area contributed by atoms with Crippen LogP contribution in [0.2, 0.25) is 0 Å². The highest BCUT2D eigenvalue weighted by molar-refractivity contribution is 6.03. The van der Waals surface area contributed by atoms with Crippen LogP contribution in [0.15, 0.2) is 24.4 Å². The van der Waals surface area contributed by atoms with Crippen molar-refractivity contribution in [3.63, 3.8) is 0 Å². The molecule has 0 aliphatic carbocycles. The molecule has 7 nitrogen and oxygen atoms in total. The van der Waals surface area contributed by atoms with Crippen LogP contribution < -0.4 is 5.32 Å². The Hall–Kier alpha value is -2.70. The number of aryl methyl sites for hydroxylation is 1. The van der Waals surface area contributed by atoms with Gasteiger partial charge in [-0.1, -0.05) is 20.8 Å². The van der Waals surface area contributed by atoms with Crippen molar-refractivity contribution in [2.75, 3.05) is 5.32 Å². The Morgan fingerprint density at radius 1 is 1.27 bits per heavy atom. The SMILES string of the molecule is Cn1nc(C(C)(C)C)cc1C(=O)Nc1ccc(C(=O)O)nc1. The van der Waals surface area contributed by atoms with E-state index in [0.717, 1.165) is 5.69 Å². The van der Waals surface area contributed by atoms with Gasteiger partial charge in [0.2, 0.25) is 0 Å². The first kappa shape index (κ1) is 15.7. The second-order valence-electron chi connectivity index (χ2n) is 5.98. The quantitative estimate of drug-likeness (QED) is 0.904. The van der Waals surface area contributed by atoms with Crippen molar-refractivity contribution in [1.29, 1.82) is 0 Å². The van der Waals surface area contributed by atoms with Gasteiger partial charge in [-0.3, -0.25) is 9.48 Å². The Morgan fingerprint density at radius 2 is 1.95 bits per heavy atom. The van der Waals surface area contributed by atoms with Crippen LogP contribution in [-0.2, 0) is 12.5 Å². The molecule has 0 saturated carbocycles. The summed E-state index contributed by atoms with van der Waals surface area (Å²) in [4.78, 5) is 26.8. The largest absolute Gasteiger partial charge is 0.477 e. The van der Waals surface area contributed by atoms with Crippen LogP contribution in [0.3, 0.4) is 0 Å². The third-order valence-corrected chi connectivity index (χ3v) is 3.12. The van der Waals surface area contributed by atoms with Crippen LogP contribution in [0.1, 0.15) is 47.4 Å². The van der Waals surface area contributed by atoms with E-state index in [4.69, 9.17) is 5.11 Å². The zero-order chi connectivity index (χ0) is 16.5. The van der Waals surface area contributed by atoms with E-state index in [2.05, 4.69) is 15.4 Å². The molecular formula is C15H18N4O3. The summed E-state index contributed by atoms with van der Waals surface area (Å²) >= 11 is 0. The summed E-state index contributed by atoms with van der Waals surface area (Å²) in [7, 11) is 1.70. The first-order chi connectivity index (χ1) is 10.2. The fourth-order valence-corrected chi connectivity index (χ4v) is 1.84. The summed E-state index contributed by atoms with van der Waals surface area (Å²) in [6.45, 7) is 6.06. The molecular weight excluding hydrogens is 284 g/mol. The maximum absolute atomic E-state index is 12.3. The number of nitrogens with one attached hydrogen (secondary N) is 1. The minimum Gasteiger partial charge on any atom is -0.477 e. The van der Waals surface area contributed by atoms with E-state index < -0.39 is 5.97 Å². The minimum atomic E-state index is -1.11. The molecule has 22 heavy (non-hydrogen) atoms. The normalized spacial score (nSPS) is 11.3. The molecule has 0 aromatic carbocycles. The standard InChI is InChI=1S/C15H18N4O3/c1-15(2,3)12-7-11(19(4)18-12)13(20)17-9-5-6-10(14(21)22)16-8-9/h5-8H,1-4H3,(H,17,20)(H,21,22). The summed E-state index contributed by atoms with van der Waals surface area (Å²) in [5.74, 6) is -1.44. The van der Waals surface area contributed by atoms with Crippen LogP contribution in [0.4, 0.5) is 5.69 Å². The van der Waals surface area contributed by atoms with E-state index in [1.54, 1.807) is 13.1 Å². The van der Waals surface area contributed by atoms with E-state index in [0.29, 0.717) is 11.4 Å². The highest BCUT2D eigenvalue weighted by Crippen LogP contribution is 2.21. The predicted octanol–water partition coefficient (Wildman–Crippen LogP) is 2.06. The van der Waals surface area contributed by atoms with Gasteiger partial charge in [0.05, 0.1) is 17.6 Å². The molecule has 0 atom stereocenters. The molecule has 0 radical (unpaired) electrons. The molecule has 1 amide bonds. The van der Waals surface area contributed by atoms with Crippen LogP contribution in [0.25, 0.3) is 0 Å². The van der Waals surface area contributed by atoms with Gasteiger partial charge in [-0.15, -0.1) is 0 Å². The molecule has 0 fully saturated rings. The van der Waals surface area contributed by atoms with Crippen molar-refractivity contribution in [3.05, 3.63) is 41.5 Å². The lowest BCUT2D eigenvalue weighted by atomic mass is 9.92. The van der Waals surface area contributed by atoms with Crippen molar-refractivity contribution in [2.45, 2.75) is 26.2 Å². The van der Waals surface area contributed by atoms with Gasteiger partial charge in [0.25, 0.3) is 5.91 Å². The molecule has 0 bridgehead atoms. The molecule has 0 spiro atoms. The molecule has 2 aromatic rings. The Morgan fingerprint density at radius 3 is 2.41 bits per heavy atom. The number of carbonyl (C=O) groups excluding carboxylic acids is 1. The topological polar surface area (TPSA) is 97.1 Å². The third-order valence-electron chi connectivity index (χ3n) is 3.12. The lowest BCUT2D eigenvalue weighted by Crippen LogP contribution is -2.16. The van der Waals surface area contributed by atoms with E-state index in [1.807, 2.05) is 20.8 Å². The lowest BCUT2D eigenvalue weighted by Gasteiger charge is -2.13. The van der Waals surface area contributed by atoms with Crippen molar-refractivity contribution >= 4 is 17.6 Å². The summed E-state index contributed by atoms with van der Waals surface area (Å²) < 4.78 is 1.52. The van der Waals surface area contributed by atoms with Crippen molar-refractivity contribution < 1.29 is 14.7 Å². The minimum absolute atomic E-state index is 0.0754. The number of aromatic nitrogens is 3. The summed E-state index contributed by atoms with van der Waals surface area (Å²) in [5.41, 5.74) is 1.44. The number of hydrogen-bond acceptors (Lipinski definition) is 4. The fraction of sp³-hybridized carbons (Fsp3) is 0.333. The second kappa shape index (κ2) is 5.59. The lowest BCUT2D eigenvalue weighted by molar-refractivity contribution is 0.0690. The molecule has 2 rings (SSSR count). The van der Waals surface area contributed by atoms with E-state index in [1.165, 1.54) is 23.0 Å². The number of carboxylic acids is 1. The molecule has 0 unspecified atom stereocenters. The summed E-state index contributed by atoms with van der Waals surface area (Å²) in [6, 6.07) is 4.57. The van der Waals surface area contributed by atoms with Crippen LogP contribution >= 0.6 is 0 Å². The zero-order valence-electron chi connectivity index (χ0n) is 12.9. The number of pyridine rings is 1. The van der Waals surface area contributed by atoms with Crippen molar-refractivity contribution in [1.82, 2.24) is 14.8 Å². The van der Waals surface area contributed by atoms with Gasteiger partial charge in [0.15, 0.2) is 0 Å². The van der Waals surface area contributed by atoms with E-state index >= 15 is 0 Å². The highest BCUT2D eigenvalue weighted by atomic mass is 16.4. The zero-order valence-corrected chi connectivity index (χ0v) is 12.9. The van der Waals surface area contributed by atoms with Crippen LogP contribution in [0, 0.1) is 0 Å². The molecule has 0 aliphatic heterocycles. The van der Waals surface area contributed by atoms with Gasteiger partial charge in [0, 0.05) is 12.5 Å². The Balaban J connectivity index is 2.19. The number of amides is 1. The average Bonchev–Trinajstić information content (AvgIpc) is 2.81. The Labute approximate surface area is 128 Å². The van der Waals surface area contributed by atoms with Gasteiger partial charge in [0.1, 0.15) is 11.4 Å².